The van der Waals surface area contributed by atoms with E-state index in [1.165, 1.54) is 0 Å². The number of nitrogens with one attached hydrogen (secondary N) is 1. The van der Waals surface area contributed by atoms with Crippen molar-refractivity contribution in [2.45, 2.75) is 27.2 Å². The summed E-state index contributed by atoms with van der Waals surface area (Å²) < 4.78 is 10.4. The molecule has 0 aromatic heterocycles. The predicted octanol–water partition coefficient (Wildman–Crippen LogP) is 2.54. The normalized spacial score (nSPS) is 15.6. The lowest BCUT2D eigenvalue weighted by Gasteiger charge is -2.21. The fraction of sp³-hybridized carbons (Fsp3) is 0.429. The Labute approximate surface area is 112 Å². The van der Waals surface area contributed by atoms with E-state index >= 15 is 0 Å². The number of hydrogen-bond acceptors (Lipinski definition) is 4. The van der Waals surface area contributed by atoms with E-state index in [2.05, 4.69) is 16.6 Å². The smallest absolute Gasteiger partial charge is 0.427 e. The van der Waals surface area contributed by atoms with E-state index in [9.17, 15) is 4.79 Å². The molecule has 0 radical (unpaired) electrons. The summed E-state index contributed by atoms with van der Waals surface area (Å²) in [7, 11) is 0. The number of amides is 1. The first-order valence-electron chi connectivity index (χ1n) is 6.35. The molecule has 1 heterocycles. The molecule has 0 saturated heterocycles. The van der Waals surface area contributed by atoms with E-state index in [4.69, 9.17) is 9.47 Å². The molecule has 102 valence electrons. The monoisotopic (exact) mass is 262 g/mol. The van der Waals surface area contributed by atoms with Gasteiger partial charge in [0, 0.05) is 12.0 Å². The standard InChI is InChI=1S/C14H18N2O3/c1-4-18-14(17)16-15-11-5-6-19-12-8-9(2)7-10(3)13(11)12/h7-8H,4-6H2,1-3H3,(H,16,17)/b15-11+. The zero-order chi connectivity index (χ0) is 13.8. The lowest BCUT2D eigenvalue weighted by atomic mass is 9.97. The summed E-state index contributed by atoms with van der Waals surface area (Å²) in [5.74, 6) is 0.827. The molecule has 0 bridgehead atoms. The summed E-state index contributed by atoms with van der Waals surface area (Å²) in [6.07, 6.45) is 0.136. The molecule has 1 aliphatic rings. The lowest BCUT2D eigenvalue weighted by Crippen LogP contribution is -2.24. The van der Waals surface area contributed by atoms with Crippen LogP contribution >= 0.6 is 0 Å². The maximum Gasteiger partial charge on any atom is 0.427 e. The van der Waals surface area contributed by atoms with Crippen LogP contribution in [-0.4, -0.2) is 25.0 Å². The SMILES string of the molecule is CCOC(=O)N/N=C1\CCOc2cc(C)cc(C)c21. The van der Waals surface area contributed by atoms with Crippen LogP contribution in [-0.2, 0) is 4.74 Å². The highest BCUT2D eigenvalue weighted by Crippen LogP contribution is 2.29. The van der Waals surface area contributed by atoms with E-state index in [-0.39, 0.29) is 0 Å². The highest BCUT2D eigenvalue weighted by Gasteiger charge is 2.20. The van der Waals surface area contributed by atoms with Gasteiger partial charge in [-0.2, -0.15) is 5.10 Å². The fourth-order valence-corrected chi connectivity index (χ4v) is 2.18. The second kappa shape index (κ2) is 5.73. The number of benzene rings is 1. The Hall–Kier alpha value is -2.04. The van der Waals surface area contributed by atoms with E-state index < -0.39 is 6.09 Å². The first-order valence-corrected chi connectivity index (χ1v) is 6.35. The van der Waals surface area contributed by atoms with Crippen LogP contribution in [0.2, 0.25) is 0 Å². The van der Waals surface area contributed by atoms with Crippen molar-refractivity contribution in [1.29, 1.82) is 0 Å². The Bertz CT molecular complexity index is 524. The number of aryl methyl sites for hydroxylation is 2. The number of ether oxygens (including phenoxy) is 2. The van der Waals surface area contributed by atoms with Crippen LogP contribution in [0.15, 0.2) is 17.2 Å². The maximum absolute atomic E-state index is 11.3. The Kier molecular flexibility index (Phi) is 4.04. The maximum atomic E-state index is 11.3. The molecule has 1 aliphatic heterocycles. The van der Waals surface area contributed by atoms with Crippen molar-refractivity contribution >= 4 is 11.8 Å². The van der Waals surface area contributed by atoms with Gasteiger partial charge in [0.25, 0.3) is 0 Å². The first kappa shape index (κ1) is 13.4. The summed E-state index contributed by atoms with van der Waals surface area (Å²) in [6.45, 7) is 6.69. The zero-order valence-electron chi connectivity index (χ0n) is 11.4. The number of rotatable bonds is 2. The van der Waals surface area contributed by atoms with Gasteiger partial charge in [-0.1, -0.05) is 6.07 Å². The van der Waals surface area contributed by atoms with Gasteiger partial charge in [0.15, 0.2) is 0 Å². The topological polar surface area (TPSA) is 59.9 Å². The van der Waals surface area contributed by atoms with Gasteiger partial charge in [0.1, 0.15) is 5.75 Å². The third-order valence-electron chi connectivity index (χ3n) is 2.89. The quantitative estimate of drug-likeness (QED) is 0.833. The minimum atomic E-state index is -0.534. The summed E-state index contributed by atoms with van der Waals surface area (Å²) in [5.41, 5.74) is 6.44. The third-order valence-corrected chi connectivity index (χ3v) is 2.89. The molecule has 0 aliphatic carbocycles. The van der Waals surface area contributed by atoms with Crippen LogP contribution in [0, 0.1) is 13.8 Å². The fourth-order valence-electron chi connectivity index (χ4n) is 2.18. The molecule has 1 N–H and O–H groups in total. The molecule has 19 heavy (non-hydrogen) atoms. The van der Waals surface area contributed by atoms with Crippen molar-refractivity contribution in [3.8, 4) is 5.75 Å². The van der Waals surface area contributed by atoms with Gasteiger partial charge < -0.3 is 9.47 Å². The Balaban J connectivity index is 2.27. The van der Waals surface area contributed by atoms with E-state index in [1.54, 1.807) is 6.92 Å². The number of nitrogens with zero attached hydrogens (tertiary/aromatic N) is 1. The van der Waals surface area contributed by atoms with Crippen molar-refractivity contribution in [1.82, 2.24) is 5.43 Å². The Morgan fingerprint density at radius 1 is 1.47 bits per heavy atom. The Morgan fingerprint density at radius 3 is 3.00 bits per heavy atom. The zero-order valence-corrected chi connectivity index (χ0v) is 11.4. The van der Waals surface area contributed by atoms with Crippen molar-refractivity contribution in [2.24, 2.45) is 5.10 Å². The molecule has 0 atom stereocenters. The molecule has 5 heteroatoms. The van der Waals surface area contributed by atoms with Crippen LogP contribution < -0.4 is 10.2 Å². The summed E-state index contributed by atoms with van der Waals surface area (Å²) in [6, 6.07) is 4.06. The van der Waals surface area contributed by atoms with Gasteiger partial charge >= 0.3 is 6.09 Å². The van der Waals surface area contributed by atoms with Gasteiger partial charge in [-0.3, -0.25) is 0 Å². The first-order chi connectivity index (χ1) is 9.11. The predicted molar refractivity (Wildman–Crippen MR) is 72.7 cm³/mol. The third kappa shape index (κ3) is 3.05. The van der Waals surface area contributed by atoms with Crippen LogP contribution in [0.25, 0.3) is 0 Å². The highest BCUT2D eigenvalue weighted by molar-refractivity contribution is 6.05. The second-order valence-electron chi connectivity index (χ2n) is 4.44. The van der Waals surface area contributed by atoms with Crippen molar-refractivity contribution in [3.63, 3.8) is 0 Å². The van der Waals surface area contributed by atoms with Gasteiger partial charge in [-0.05, 0) is 38.0 Å². The molecule has 5 nitrogen and oxygen atoms in total. The number of fused-ring (bicyclic) bond motifs is 1. The molecule has 0 saturated carbocycles. The van der Waals surface area contributed by atoms with Gasteiger partial charge in [-0.25, -0.2) is 10.2 Å². The molecule has 0 fully saturated rings. The van der Waals surface area contributed by atoms with E-state index in [0.717, 1.165) is 28.2 Å². The molecule has 0 unspecified atom stereocenters. The Morgan fingerprint density at radius 2 is 2.26 bits per heavy atom. The van der Waals surface area contributed by atoms with Gasteiger partial charge in [0.2, 0.25) is 0 Å². The second-order valence-corrected chi connectivity index (χ2v) is 4.44. The number of carbonyl (C=O) groups is 1. The minimum absolute atomic E-state index is 0.328. The number of carbonyl (C=O) groups excluding carboxylic acids is 1. The van der Waals surface area contributed by atoms with Crippen LogP contribution in [0.3, 0.4) is 0 Å². The summed E-state index contributed by atoms with van der Waals surface area (Å²) >= 11 is 0. The van der Waals surface area contributed by atoms with Crippen molar-refractivity contribution in [3.05, 3.63) is 28.8 Å². The molecule has 1 amide bonds. The van der Waals surface area contributed by atoms with E-state index in [1.807, 2.05) is 19.9 Å². The molecular formula is C14H18N2O3. The van der Waals surface area contributed by atoms with Crippen molar-refractivity contribution < 1.29 is 14.3 Å². The number of hydrogen-bond donors (Lipinski definition) is 1. The molecule has 2 rings (SSSR count). The highest BCUT2D eigenvalue weighted by atomic mass is 16.5. The summed E-state index contributed by atoms with van der Waals surface area (Å²) in [4.78, 5) is 11.3. The average molecular weight is 262 g/mol. The van der Waals surface area contributed by atoms with Crippen molar-refractivity contribution in [2.75, 3.05) is 13.2 Å². The van der Waals surface area contributed by atoms with Gasteiger partial charge in [0.05, 0.1) is 18.9 Å². The van der Waals surface area contributed by atoms with Crippen LogP contribution in [0.4, 0.5) is 4.79 Å². The summed E-state index contributed by atoms with van der Waals surface area (Å²) in [5, 5.41) is 4.15. The van der Waals surface area contributed by atoms with Gasteiger partial charge in [-0.15, -0.1) is 0 Å². The lowest BCUT2D eigenvalue weighted by molar-refractivity contribution is 0.152. The van der Waals surface area contributed by atoms with Crippen LogP contribution in [0.5, 0.6) is 5.75 Å². The largest absolute Gasteiger partial charge is 0.492 e. The molecule has 1 aromatic carbocycles. The number of hydrazone groups is 1. The van der Waals surface area contributed by atoms with E-state index in [0.29, 0.717) is 19.6 Å². The molecule has 1 aromatic rings. The average Bonchev–Trinajstić information content (AvgIpc) is 2.36. The molecular weight excluding hydrogens is 244 g/mol. The minimum Gasteiger partial charge on any atom is -0.492 e. The van der Waals surface area contributed by atoms with Crippen LogP contribution in [0.1, 0.15) is 30.0 Å². The molecule has 0 spiro atoms.